The van der Waals surface area contributed by atoms with E-state index in [9.17, 15) is 5.11 Å². The molecular weight excluding hydrogens is 144 g/mol. The molecule has 0 aliphatic carbocycles. The van der Waals surface area contributed by atoms with E-state index in [1.54, 1.807) is 0 Å². The Hall–Kier alpha value is -1.00. The molecule has 0 aliphatic heterocycles. The second-order valence-corrected chi connectivity index (χ2v) is 2.16. The number of aliphatic hydroxyl groups excluding tert-OH is 2. The van der Waals surface area contributed by atoms with Crippen molar-refractivity contribution < 1.29 is 10.2 Å². The van der Waals surface area contributed by atoms with Crippen LogP contribution in [0.4, 0.5) is 0 Å². The number of aromatic nitrogens is 2. The second kappa shape index (κ2) is 4.00. The number of hydrogen-bond acceptors (Lipinski definition) is 4. The first kappa shape index (κ1) is 8.10. The van der Waals surface area contributed by atoms with Gasteiger partial charge >= 0.3 is 0 Å². The molecule has 0 fully saturated rings. The zero-order valence-corrected chi connectivity index (χ0v) is 6.01. The Balaban J connectivity index is 2.61. The average Bonchev–Trinajstić information content (AvgIpc) is 2.07. The number of aliphatic hydroxyl groups is 2. The zero-order valence-electron chi connectivity index (χ0n) is 6.01. The van der Waals surface area contributed by atoms with E-state index in [1.165, 1.54) is 18.6 Å². The van der Waals surface area contributed by atoms with E-state index in [0.717, 1.165) is 0 Å². The first-order chi connectivity index (χ1) is 5.34. The summed E-state index contributed by atoms with van der Waals surface area (Å²) in [5, 5.41) is 17.7. The fourth-order valence-electron chi connectivity index (χ4n) is 0.753. The van der Waals surface area contributed by atoms with Gasteiger partial charge in [0, 0.05) is 25.4 Å². The summed E-state index contributed by atoms with van der Waals surface area (Å²) in [4.78, 5) is 7.66. The van der Waals surface area contributed by atoms with Gasteiger partial charge < -0.3 is 10.2 Å². The van der Waals surface area contributed by atoms with Crippen molar-refractivity contribution in [3.63, 3.8) is 0 Å². The molecule has 2 N–H and O–H groups in total. The van der Waals surface area contributed by atoms with Crippen molar-refractivity contribution in [3.8, 4) is 0 Å². The van der Waals surface area contributed by atoms with Crippen LogP contribution >= 0.6 is 0 Å². The highest BCUT2D eigenvalue weighted by Crippen LogP contribution is 2.10. The quantitative estimate of drug-likeness (QED) is 0.637. The molecule has 0 bridgehead atoms. The molecule has 1 aromatic rings. The lowest BCUT2D eigenvalue weighted by atomic mass is 10.2. The van der Waals surface area contributed by atoms with Gasteiger partial charge in [0.25, 0.3) is 0 Å². The van der Waals surface area contributed by atoms with Gasteiger partial charge in [0.1, 0.15) is 0 Å². The Morgan fingerprint density at radius 2 is 2.27 bits per heavy atom. The maximum atomic E-state index is 9.26. The van der Waals surface area contributed by atoms with Crippen molar-refractivity contribution in [2.24, 2.45) is 0 Å². The third-order valence-corrected chi connectivity index (χ3v) is 1.33. The highest BCUT2D eigenvalue weighted by Gasteiger charge is 2.06. The summed E-state index contributed by atoms with van der Waals surface area (Å²) < 4.78 is 0. The minimum atomic E-state index is -0.700. The zero-order chi connectivity index (χ0) is 8.10. The van der Waals surface area contributed by atoms with Gasteiger partial charge in [-0.25, -0.2) is 0 Å². The normalized spacial score (nSPS) is 12.9. The van der Waals surface area contributed by atoms with Crippen molar-refractivity contribution in [1.29, 1.82) is 0 Å². The van der Waals surface area contributed by atoms with Gasteiger partial charge in [-0.15, -0.1) is 0 Å². The van der Waals surface area contributed by atoms with Gasteiger partial charge in [0.05, 0.1) is 18.0 Å². The maximum Gasteiger partial charge on any atom is 0.0997 e. The average molecular weight is 154 g/mol. The molecule has 60 valence electrons. The molecule has 0 saturated carbocycles. The van der Waals surface area contributed by atoms with Gasteiger partial charge in [-0.3, -0.25) is 9.97 Å². The molecule has 0 aromatic carbocycles. The van der Waals surface area contributed by atoms with Gasteiger partial charge in [-0.05, 0) is 0 Å². The van der Waals surface area contributed by atoms with E-state index in [0.29, 0.717) is 12.1 Å². The standard InChI is InChI=1S/C7H10N2O2/c10-4-1-7(11)6-5-8-2-3-9-6/h2-3,5,7,10-11H,1,4H2/t7-/m0/s1. The molecule has 0 saturated heterocycles. The van der Waals surface area contributed by atoms with Crippen molar-refractivity contribution >= 4 is 0 Å². The van der Waals surface area contributed by atoms with Crippen molar-refractivity contribution in [2.75, 3.05) is 6.61 Å². The first-order valence-corrected chi connectivity index (χ1v) is 3.39. The van der Waals surface area contributed by atoms with Crippen LogP contribution < -0.4 is 0 Å². The molecule has 0 aliphatic rings. The van der Waals surface area contributed by atoms with Gasteiger partial charge in [0.15, 0.2) is 0 Å². The van der Waals surface area contributed by atoms with E-state index in [4.69, 9.17) is 5.11 Å². The van der Waals surface area contributed by atoms with Crippen molar-refractivity contribution in [3.05, 3.63) is 24.3 Å². The van der Waals surface area contributed by atoms with Crippen LogP contribution in [0.2, 0.25) is 0 Å². The molecule has 1 aromatic heterocycles. The fourth-order valence-corrected chi connectivity index (χ4v) is 0.753. The van der Waals surface area contributed by atoms with E-state index in [1.807, 2.05) is 0 Å². The van der Waals surface area contributed by atoms with Crippen molar-refractivity contribution in [2.45, 2.75) is 12.5 Å². The summed E-state index contributed by atoms with van der Waals surface area (Å²) in [6.45, 7) is -0.0439. The monoisotopic (exact) mass is 154 g/mol. The smallest absolute Gasteiger partial charge is 0.0997 e. The summed E-state index contributed by atoms with van der Waals surface area (Å²) in [7, 11) is 0. The van der Waals surface area contributed by atoms with E-state index in [-0.39, 0.29) is 6.61 Å². The Labute approximate surface area is 64.6 Å². The highest BCUT2D eigenvalue weighted by atomic mass is 16.3. The Kier molecular flexibility index (Phi) is 2.95. The van der Waals surface area contributed by atoms with Crippen LogP contribution in [-0.2, 0) is 0 Å². The summed E-state index contributed by atoms with van der Waals surface area (Å²) in [5.41, 5.74) is 0.501. The predicted octanol–water partition coefficient (Wildman–Crippen LogP) is -0.108. The van der Waals surface area contributed by atoms with Gasteiger partial charge in [-0.1, -0.05) is 0 Å². The van der Waals surface area contributed by atoms with Crippen LogP contribution in [0.25, 0.3) is 0 Å². The topological polar surface area (TPSA) is 66.2 Å². The van der Waals surface area contributed by atoms with Crippen LogP contribution in [0.1, 0.15) is 18.2 Å². The molecule has 0 radical (unpaired) electrons. The highest BCUT2D eigenvalue weighted by molar-refractivity contribution is 4.98. The summed E-state index contributed by atoms with van der Waals surface area (Å²) in [6, 6.07) is 0. The largest absolute Gasteiger partial charge is 0.396 e. The van der Waals surface area contributed by atoms with Gasteiger partial charge in [0.2, 0.25) is 0 Å². The maximum absolute atomic E-state index is 9.26. The van der Waals surface area contributed by atoms with Crippen LogP contribution in [0.15, 0.2) is 18.6 Å². The van der Waals surface area contributed by atoms with E-state index in [2.05, 4.69) is 9.97 Å². The lowest BCUT2D eigenvalue weighted by molar-refractivity contribution is 0.130. The van der Waals surface area contributed by atoms with E-state index < -0.39 is 6.10 Å². The predicted molar refractivity (Wildman–Crippen MR) is 38.7 cm³/mol. The number of nitrogens with zero attached hydrogens (tertiary/aromatic N) is 2. The molecular formula is C7H10N2O2. The molecule has 0 spiro atoms. The molecule has 11 heavy (non-hydrogen) atoms. The lowest BCUT2D eigenvalue weighted by Crippen LogP contribution is -2.02. The SMILES string of the molecule is OCC[C@H](O)c1cnccn1. The second-order valence-electron chi connectivity index (χ2n) is 2.16. The summed E-state index contributed by atoms with van der Waals surface area (Å²) >= 11 is 0. The Bertz CT molecular complexity index is 203. The molecule has 4 heteroatoms. The third-order valence-electron chi connectivity index (χ3n) is 1.33. The molecule has 4 nitrogen and oxygen atoms in total. The molecule has 1 atom stereocenters. The number of rotatable bonds is 3. The molecule has 1 rings (SSSR count). The van der Waals surface area contributed by atoms with Crippen molar-refractivity contribution in [1.82, 2.24) is 9.97 Å². The molecule has 1 heterocycles. The van der Waals surface area contributed by atoms with Crippen LogP contribution in [0, 0.1) is 0 Å². The van der Waals surface area contributed by atoms with Gasteiger partial charge in [-0.2, -0.15) is 0 Å². The van der Waals surface area contributed by atoms with Crippen LogP contribution in [-0.4, -0.2) is 26.8 Å². The fraction of sp³-hybridized carbons (Fsp3) is 0.429. The Morgan fingerprint density at radius 1 is 1.45 bits per heavy atom. The molecule has 0 unspecified atom stereocenters. The van der Waals surface area contributed by atoms with Crippen LogP contribution in [0.3, 0.4) is 0 Å². The third kappa shape index (κ3) is 2.25. The number of hydrogen-bond donors (Lipinski definition) is 2. The first-order valence-electron chi connectivity index (χ1n) is 3.39. The molecule has 0 amide bonds. The lowest BCUT2D eigenvalue weighted by Gasteiger charge is -2.05. The minimum Gasteiger partial charge on any atom is -0.396 e. The van der Waals surface area contributed by atoms with Crippen LogP contribution in [0.5, 0.6) is 0 Å². The summed E-state index contributed by atoms with van der Waals surface area (Å²) in [5.74, 6) is 0. The minimum absolute atomic E-state index is 0.0439. The van der Waals surface area contributed by atoms with E-state index >= 15 is 0 Å². The Morgan fingerprint density at radius 3 is 2.82 bits per heavy atom. The summed E-state index contributed by atoms with van der Waals surface area (Å²) in [6.07, 6.45) is 4.14.